The Hall–Kier alpha value is -1.77. The lowest BCUT2D eigenvalue weighted by atomic mass is 9.94. The summed E-state index contributed by atoms with van der Waals surface area (Å²) in [4.78, 5) is 12.3. The molecule has 1 N–H and O–H groups in total. The van der Waals surface area contributed by atoms with Crippen LogP contribution in [0.4, 0.5) is 0 Å². The second-order valence-electron chi connectivity index (χ2n) is 6.68. The first-order valence-electron chi connectivity index (χ1n) is 8.43. The number of carbonyl (C=O) groups is 1. The Morgan fingerprint density at radius 2 is 1.95 bits per heavy atom. The van der Waals surface area contributed by atoms with Gasteiger partial charge in [-0.1, -0.05) is 32.0 Å². The quantitative estimate of drug-likeness (QED) is 0.865. The Kier molecular flexibility index (Phi) is 3.98. The Bertz CT molecular complexity index is 678. The standard InChI is InChI=1S/C19H26N2O/c1-4-14(5-2)18(22)20-13-19(10-11-19)16-12-21(3)17-9-7-6-8-15(16)17/h6-9,12,14H,4-5,10-11,13H2,1-3H3,(H,20,22). The van der Waals surface area contributed by atoms with Crippen LogP contribution in [-0.2, 0) is 17.3 Å². The van der Waals surface area contributed by atoms with Crippen LogP contribution in [0.15, 0.2) is 30.5 Å². The first-order valence-corrected chi connectivity index (χ1v) is 8.43. The summed E-state index contributed by atoms with van der Waals surface area (Å²) in [5.74, 6) is 0.375. The number of para-hydroxylation sites is 1. The highest BCUT2D eigenvalue weighted by molar-refractivity contribution is 5.86. The molecule has 1 fully saturated rings. The molecule has 0 atom stereocenters. The Balaban J connectivity index is 1.80. The van der Waals surface area contributed by atoms with E-state index < -0.39 is 0 Å². The zero-order valence-corrected chi connectivity index (χ0v) is 13.9. The highest BCUT2D eigenvalue weighted by Crippen LogP contribution is 2.50. The van der Waals surface area contributed by atoms with Crippen molar-refractivity contribution in [1.82, 2.24) is 9.88 Å². The van der Waals surface area contributed by atoms with E-state index in [-0.39, 0.29) is 17.2 Å². The maximum absolute atomic E-state index is 12.3. The fourth-order valence-electron chi connectivity index (χ4n) is 3.52. The largest absolute Gasteiger partial charge is 0.355 e. The summed E-state index contributed by atoms with van der Waals surface area (Å²) < 4.78 is 2.20. The molecule has 0 spiro atoms. The molecule has 1 saturated carbocycles. The third kappa shape index (κ3) is 2.53. The predicted octanol–water partition coefficient (Wildman–Crippen LogP) is 3.76. The van der Waals surface area contributed by atoms with Crippen LogP contribution in [0.5, 0.6) is 0 Å². The lowest BCUT2D eigenvalue weighted by Crippen LogP contribution is -2.36. The van der Waals surface area contributed by atoms with E-state index in [2.05, 4.69) is 61.2 Å². The van der Waals surface area contributed by atoms with E-state index >= 15 is 0 Å². The van der Waals surface area contributed by atoms with Gasteiger partial charge in [-0.3, -0.25) is 4.79 Å². The van der Waals surface area contributed by atoms with E-state index in [0.29, 0.717) is 0 Å². The highest BCUT2D eigenvalue weighted by atomic mass is 16.1. The number of fused-ring (bicyclic) bond motifs is 1. The van der Waals surface area contributed by atoms with Gasteiger partial charge in [-0.15, -0.1) is 0 Å². The van der Waals surface area contributed by atoms with E-state index in [0.717, 1.165) is 19.4 Å². The second-order valence-corrected chi connectivity index (χ2v) is 6.68. The molecule has 0 aliphatic heterocycles. The van der Waals surface area contributed by atoms with Gasteiger partial charge in [0, 0.05) is 42.0 Å². The number of nitrogens with zero attached hydrogens (tertiary/aromatic N) is 1. The summed E-state index contributed by atoms with van der Waals surface area (Å²) in [6, 6.07) is 8.55. The summed E-state index contributed by atoms with van der Waals surface area (Å²) in [6.45, 7) is 4.95. The lowest BCUT2D eigenvalue weighted by molar-refractivity contribution is -0.125. The van der Waals surface area contributed by atoms with Crippen molar-refractivity contribution in [3.05, 3.63) is 36.0 Å². The summed E-state index contributed by atoms with van der Waals surface area (Å²) in [5, 5.41) is 4.54. The van der Waals surface area contributed by atoms with Gasteiger partial charge in [-0.05, 0) is 37.3 Å². The van der Waals surface area contributed by atoms with Crippen molar-refractivity contribution in [2.75, 3.05) is 6.54 Å². The Morgan fingerprint density at radius 1 is 1.27 bits per heavy atom. The van der Waals surface area contributed by atoms with Gasteiger partial charge in [0.05, 0.1) is 0 Å². The number of hydrogen-bond acceptors (Lipinski definition) is 1. The summed E-state index contributed by atoms with van der Waals surface area (Å²) >= 11 is 0. The number of hydrogen-bond donors (Lipinski definition) is 1. The van der Waals surface area contributed by atoms with E-state index in [1.807, 2.05) is 0 Å². The van der Waals surface area contributed by atoms with E-state index in [1.54, 1.807) is 0 Å². The van der Waals surface area contributed by atoms with Crippen molar-refractivity contribution in [2.24, 2.45) is 13.0 Å². The molecule has 3 rings (SSSR count). The van der Waals surface area contributed by atoms with Gasteiger partial charge < -0.3 is 9.88 Å². The third-order valence-electron chi connectivity index (χ3n) is 5.28. The molecule has 0 radical (unpaired) electrons. The fraction of sp³-hybridized carbons (Fsp3) is 0.526. The molecule has 3 nitrogen and oxygen atoms in total. The third-order valence-corrected chi connectivity index (χ3v) is 5.28. The van der Waals surface area contributed by atoms with Crippen LogP contribution < -0.4 is 5.32 Å². The van der Waals surface area contributed by atoms with Crippen LogP contribution in [-0.4, -0.2) is 17.0 Å². The van der Waals surface area contributed by atoms with Crippen molar-refractivity contribution in [1.29, 1.82) is 0 Å². The number of benzene rings is 1. The van der Waals surface area contributed by atoms with Gasteiger partial charge >= 0.3 is 0 Å². The van der Waals surface area contributed by atoms with Gasteiger partial charge in [-0.25, -0.2) is 0 Å². The molecular formula is C19H26N2O. The van der Waals surface area contributed by atoms with E-state index in [1.165, 1.54) is 29.3 Å². The zero-order valence-electron chi connectivity index (χ0n) is 13.9. The Morgan fingerprint density at radius 3 is 2.59 bits per heavy atom. The molecule has 118 valence electrons. The molecule has 1 heterocycles. The van der Waals surface area contributed by atoms with Gasteiger partial charge in [0.2, 0.25) is 5.91 Å². The van der Waals surface area contributed by atoms with Crippen molar-refractivity contribution >= 4 is 16.8 Å². The number of carbonyl (C=O) groups excluding carboxylic acids is 1. The second kappa shape index (κ2) is 5.79. The first kappa shape index (κ1) is 15.1. The van der Waals surface area contributed by atoms with Crippen molar-refractivity contribution in [3.63, 3.8) is 0 Å². The molecule has 2 aromatic rings. The SMILES string of the molecule is CCC(CC)C(=O)NCC1(c2cn(C)c3ccccc23)CC1. The zero-order chi connectivity index (χ0) is 15.7. The number of aryl methyl sites for hydroxylation is 1. The average molecular weight is 298 g/mol. The number of amides is 1. The molecule has 0 saturated heterocycles. The molecule has 3 heteroatoms. The molecule has 1 aromatic carbocycles. The smallest absolute Gasteiger partial charge is 0.223 e. The van der Waals surface area contributed by atoms with Gasteiger partial charge in [0.1, 0.15) is 0 Å². The maximum atomic E-state index is 12.3. The van der Waals surface area contributed by atoms with Gasteiger partial charge in [0.15, 0.2) is 0 Å². The fourth-order valence-corrected chi connectivity index (χ4v) is 3.52. The van der Waals surface area contributed by atoms with Crippen LogP contribution >= 0.6 is 0 Å². The Labute approximate surface area is 132 Å². The summed E-state index contributed by atoms with van der Waals surface area (Å²) in [7, 11) is 2.10. The van der Waals surface area contributed by atoms with Crippen LogP contribution in [0.3, 0.4) is 0 Å². The van der Waals surface area contributed by atoms with Crippen molar-refractivity contribution in [3.8, 4) is 0 Å². The molecule has 22 heavy (non-hydrogen) atoms. The minimum Gasteiger partial charge on any atom is -0.355 e. The average Bonchev–Trinajstić information content (AvgIpc) is 3.25. The molecule has 1 aliphatic rings. The van der Waals surface area contributed by atoms with Crippen LogP contribution in [0.2, 0.25) is 0 Å². The first-order chi connectivity index (χ1) is 10.6. The van der Waals surface area contributed by atoms with Crippen molar-refractivity contribution in [2.45, 2.75) is 44.9 Å². The van der Waals surface area contributed by atoms with Crippen LogP contribution in [0.1, 0.15) is 45.1 Å². The molecule has 1 aliphatic carbocycles. The topological polar surface area (TPSA) is 34.0 Å². The highest BCUT2D eigenvalue weighted by Gasteiger charge is 2.46. The predicted molar refractivity (Wildman–Crippen MR) is 90.9 cm³/mol. The lowest BCUT2D eigenvalue weighted by Gasteiger charge is -2.18. The monoisotopic (exact) mass is 298 g/mol. The maximum Gasteiger partial charge on any atom is 0.223 e. The van der Waals surface area contributed by atoms with E-state index in [4.69, 9.17) is 0 Å². The van der Waals surface area contributed by atoms with Crippen LogP contribution in [0, 0.1) is 5.92 Å². The number of nitrogens with one attached hydrogen (secondary N) is 1. The van der Waals surface area contributed by atoms with E-state index in [9.17, 15) is 4.79 Å². The number of aromatic nitrogens is 1. The van der Waals surface area contributed by atoms with Crippen molar-refractivity contribution < 1.29 is 4.79 Å². The molecule has 1 amide bonds. The van der Waals surface area contributed by atoms with Gasteiger partial charge in [-0.2, -0.15) is 0 Å². The number of rotatable bonds is 6. The van der Waals surface area contributed by atoms with Gasteiger partial charge in [0.25, 0.3) is 0 Å². The normalized spacial score (nSPS) is 16.2. The molecule has 0 bridgehead atoms. The van der Waals surface area contributed by atoms with Crippen LogP contribution in [0.25, 0.3) is 10.9 Å². The molecule has 1 aromatic heterocycles. The summed E-state index contributed by atoms with van der Waals surface area (Å²) in [6.07, 6.45) is 6.43. The summed E-state index contributed by atoms with van der Waals surface area (Å²) in [5.41, 5.74) is 2.83. The minimum absolute atomic E-state index is 0.155. The molecule has 0 unspecified atom stereocenters. The molecular weight excluding hydrogens is 272 g/mol. The minimum atomic E-state index is 0.155.